The van der Waals surface area contributed by atoms with Crippen LogP contribution in [0.2, 0.25) is 0 Å². The smallest absolute Gasteiger partial charge is 0.139 e. The van der Waals surface area contributed by atoms with Crippen molar-refractivity contribution in [1.29, 1.82) is 0 Å². The van der Waals surface area contributed by atoms with Crippen LogP contribution < -0.4 is 5.73 Å². The van der Waals surface area contributed by atoms with Gasteiger partial charge in [0.15, 0.2) is 0 Å². The summed E-state index contributed by atoms with van der Waals surface area (Å²) in [4.78, 5) is 0. The third-order valence-electron chi connectivity index (χ3n) is 2.11. The van der Waals surface area contributed by atoms with E-state index in [1.54, 1.807) is 0 Å². The highest BCUT2D eigenvalue weighted by atomic mass is 16.6. The molecule has 1 aliphatic heterocycles. The highest BCUT2D eigenvalue weighted by Crippen LogP contribution is 2.22. The van der Waals surface area contributed by atoms with Crippen molar-refractivity contribution in [3.8, 4) is 0 Å². The van der Waals surface area contributed by atoms with Gasteiger partial charge in [-0.1, -0.05) is 6.58 Å². The van der Waals surface area contributed by atoms with Crippen LogP contribution in [0.15, 0.2) is 12.3 Å². The second-order valence-electron chi connectivity index (χ2n) is 3.30. The van der Waals surface area contributed by atoms with Crippen LogP contribution in [0, 0.1) is 0 Å². The fourth-order valence-electron chi connectivity index (χ4n) is 1.47. The van der Waals surface area contributed by atoms with Crippen LogP contribution in [0.4, 0.5) is 0 Å². The topological polar surface area (TPSA) is 64.7 Å². The monoisotopic (exact) mass is 185 g/mol. The molecule has 3 atom stereocenters. The number of rotatable bonds is 4. The minimum absolute atomic E-state index is 0.0210. The second-order valence-corrected chi connectivity index (χ2v) is 3.30. The average molecular weight is 185 g/mol. The van der Waals surface area contributed by atoms with E-state index < -0.39 is 0 Å². The van der Waals surface area contributed by atoms with E-state index in [1.807, 2.05) is 7.85 Å². The lowest BCUT2D eigenvalue weighted by Crippen LogP contribution is -2.28. The van der Waals surface area contributed by atoms with Gasteiger partial charge < -0.3 is 20.3 Å². The molecule has 0 saturated carbocycles. The minimum Gasteiger partial charge on any atom is -0.491 e. The van der Waals surface area contributed by atoms with Crippen molar-refractivity contribution >= 4 is 7.85 Å². The van der Waals surface area contributed by atoms with Crippen molar-refractivity contribution in [1.82, 2.24) is 0 Å². The predicted molar refractivity (Wildman–Crippen MR) is 52.0 cm³/mol. The molecule has 5 heteroatoms. The molecular formula is C8H16BNO3. The number of hydrogen-bond donors (Lipinski definition) is 2. The molecule has 0 aromatic carbocycles. The summed E-state index contributed by atoms with van der Waals surface area (Å²) >= 11 is 0. The molecule has 4 nitrogen and oxygen atoms in total. The normalized spacial score (nSPS) is 33.2. The average Bonchev–Trinajstić information content (AvgIpc) is 2.46. The SMILES string of the molecule is B[C@@H]1CC(OC(=C)CN)[C@H](CO)O1. The van der Waals surface area contributed by atoms with Crippen molar-refractivity contribution in [2.24, 2.45) is 5.73 Å². The summed E-state index contributed by atoms with van der Waals surface area (Å²) in [5, 5.41) is 8.97. The number of ether oxygens (including phenoxy) is 2. The highest BCUT2D eigenvalue weighted by molar-refractivity contribution is 6.11. The molecule has 0 radical (unpaired) electrons. The van der Waals surface area contributed by atoms with Crippen LogP contribution in [0.3, 0.4) is 0 Å². The van der Waals surface area contributed by atoms with Gasteiger partial charge >= 0.3 is 0 Å². The van der Waals surface area contributed by atoms with Crippen molar-refractivity contribution in [2.75, 3.05) is 13.2 Å². The van der Waals surface area contributed by atoms with E-state index in [0.29, 0.717) is 12.3 Å². The predicted octanol–water partition coefficient (Wildman–Crippen LogP) is -1.42. The van der Waals surface area contributed by atoms with Crippen molar-refractivity contribution < 1.29 is 14.6 Å². The second kappa shape index (κ2) is 4.65. The summed E-state index contributed by atoms with van der Waals surface area (Å²) in [5.41, 5.74) is 5.34. The maximum Gasteiger partial charge on any atom is 0.139 e. The van der Waals surface area contributed by atoms with Crippen LogP contribution >= 0.6 is 0 Å². The Kier molecular flexibility index (Phi) is 3.78. The zero-order valence-corrected chi connectivity index (χ0v) is 7.90. The standard InChI is InChI=1S/C8H16BNO3/c1-5(3-10)12-6-2-8(9)13-7(6)4-11/h6-8,11H,1-4,9-10H2/t6?,7-,8-/m0/s1. The van der Waals surface area contributed by atoms with Gasteiger partial charge in [-0.25, -0.2) is 0 Å². The maximum atomic E-state index is 8.97. The van der Waals surface area contributed by atoms with Gasteiger partial charge in [-0.2, -0.15) is 0 Å². The number of aliphatic hydroxyl groups excluding tert-OH is 1. The van der Waals surface area contributed by atoms with E-state index in [4.69, 9.17) is 20.3 Å². The van der Waals surface area contributed by atoms with Crippen LogP contribution in [-0.2, 0) is 9.47 Å². The molecule has 1 unspecified atom stereocenters. The number of aliphatic hydroxyl groups is 1. The van der Waals surface area contributed by atoms with Gasteiger partial charge in [-0.15, -0.1) is 0 Å². The third-order valence-corrected chi connectivity index (χ3v) is 2.11. The van der Waals surface area contributed by atoms with E-state index in [-0.39, 0.29) is 24.8 Å². The Morgan fingerprint density at radius 2 is 2.46 bits per heavy atom. The Hall–Kier alpha value is -0.515. The fourth-order valence-corrected chi connectivity index (χ4v) is 1.47. The zero-order valence-electron chi connectivity index (χ0n) is 7.90. The van der Waals surface area contributed by atoms with Crippen molar-refractivity contribution in [2.45, 2.75) is 24.6 Å². The summed E-state index contributed by atoms with van der Waals surface area (Å²) in [5.74, 6) is 0.543. The van der Waals surface area contributed by atoms with E-state index in [0.717, 1.165) is 6.42 Å². The molecule has 0 aromatic heterocycles. The summed E-state index contributed by atoms with van der Waals surface area (Å²) < 4.78 is 10.8. The van der Waals surface area contributed by atoms with Crippen LogP contribution in [-0.4, -0.2) is 44.3 Å². The van der Waals surface area contributed by atoms with Crippen LogP contribution in [0.5, 0.6) is 0 Å². The Morgan fingerprint density at radius 3 is 3.00 bits per heavy atom. The van der Waals surface area contributed by atoms with Crippen molar-refractivity contribution in [3.05, 3.63) is 12.3 Å². The molecule has 3 N–H and O–H groups in total. The number of hydrogen-bond acceptors (Lipinski definition) is 4. The lowest BCUT2D eigenvalue weighted by atomic mass is 9.96. The van der Waals surface area contributed by atoms with Gasteiger partial charge in [0.2, 0.25) is 0 Å². The first kappa shape index (κ1) is 10.6. The minimum atomic E-state index is -0.238. The molecular weight excluding hydrogens is 169 g/mol. The Morgan fingerprint density at radius 1 is 1.77 bits per heavy atom. The summed E-state index contributed by atoms with van der Waals surface area (Å²) in [6.45, 7) is 3.93. The largest absolute Gasteiger partial charge is 0.491 e. The Bertz CT molecular complexity index is 188. The quantitative estimate of drug-likeness (QED) is 0.417. The van der Waals surface area contributed by atoms with Gasteiger partial charge in [-0.05, 0) is 0 Å². The molecule has 1 rings (SSSR count). The first-order chi connectivity index (χ1) is 6.17. The van der Waals surface area contributed by atoms with Crippen molar-refractivity contribution in [3.63, 3.8) is 0 Å². The summed E-state index contributed by atoms with van der Waals surface area (Å²) in [7, 11) is 1.96. The van der Waals surface area contributed by atoms with E-state index in [9.17, 15) is 0 Å². The molecule has 74 valence electrons. The summed E-state index contributed by atoms with van der Waals surface area (Å²) in [6.07, 6.45) is 0.443. The van der Waals surface area contributed by atoms with E-state index >= 15 is 0 Å². The van der Waals surface area contributed by atoms with E-state index in [2.05, 4.69) is 6.58 Å². The van der Waals surface area contributed by atoms with E-state index in [1.165, 1.54) is 0 Å². The molecule has 0 amide bonds. The molecule has 1 aliphatic rings. The van der Waals surface area contributed by atoms with Crippen LogP contribution in [0.1, 0.15) is 6.42 Å². The molecule has 13 heavy (non-hydrogen) atoms. The van der Waals surface area contributed by atoms with Gasteiger partial charge in [0.1, 0.15) is 25.8 Å². The lowest BCUT2D eigenvalue weighted by molar-refractivity contribution is -0.0161. The van der Waals surface area contributed by atoms with Gasteiger partial charge in [0.05, 0.1) is 13.2 Å². The number of nitrogens with two attached hydrogens (primary N) is 1. The molecule has 1 saturated heterocycles. The van der Waals surface area contributed by atoms with Gasteiger partial charge in [0.25, 0.3) is 0 Å². The highest BCUT2D eigenvalue weighted by Gasteiger charge is 2.33. The first-order valence-electron chi connectivity index (χ1n) is 4.48. The molecule has 0 spiro atoms. The van der Waals surface area contributed by atoms with Gasteiger partial charge in [0, 0.05) is 12.4 Å². The molecule has 1 fully saturated rings. The first-order valence-corrected chi connectivity index (χ1v) is 4.48. The summed E-state index contributed by atoms with van der Waals surface area (Å²) in [6, 6.07) is 0.132. The Balaban J connectivity index is 2.43. The maximum absolute atomic E-state index is 8.97. The molecule has 0 bridgehead atoms. The molecule has 1 heterocycles. The van der Waals surface area contributed by atoms with Crippen LogP contribution in [0.25, 0.3) is 0 Å². The molecule has 0 aliphatic carbocycles. The molecule has 0 aromatic rings. The van der Waals surface area contributed by atoms with Gasteiger partial charge in [-0.3, -0.25) is 0 Å². The third kappa shape index (κ3) is 2.72. The fraction of sp³-hybridized carbons (Fsp3) is 0.750. The Labute approximate surface area is 79.1 Å². The lowest BCUT2D eigenvalue weighted by Gasteiger charge is -2.18. The zero-order chi connectivity index (χ0) is 9.84.